The van der Waals surface area contributed by atoms with Crippen molar-refractivity contribution >= 4 is 50.4 Å². The molecule has 0 bridgehead atoms. The number of alkyl halides is 2. The Morgan fingerprint density at radius 1 is 0.345 bits per heavy atom. The van der Waals surface area contributed by atoms with Gasteiger partial charge < -0.3 is 37.3 Å². The molecule has 5 rings (SSSR count). The number of nitrogens with zero attached hydrogens (tertiary/aromatic N) is 1. The van der Waals surface area contributed by atoms with Gasteiger partial charge in [0.2, 0.25) is 0 Å². The van der Waals surface area contributed by atoms with Crippen molar-refractivity contribution in [3.8, 4) is 0 Å². The summed E-state index contributed by atoms with van der Waals surface area (Å²) in [4.78, 5) is 21.8. The van der Waals surface area contributed by atoms with Crippen LogP contribution in [0, 0.1) is 37.9 Å². The van der Waals surface area contributed by atoms with E-state index in [1.807, 2.05) is 0 Å². The summed E-state index contributed by atoms with van der Waals surface area (Å²) >= 11 is 7.25. The maximum absolute atomic E-state index is 10.9. The first-order valence-corrected chi connectivity index (χ1v) is 43.1. The molecule has 2 amide bonds. The zero-order valence-electron chi connectivity index (χ0n) is 77.1. The molecule has 4 aromatic carbocycles. The second-order valence-electron chi connectivity index (χ2n) is 44.1. The van der Waals surface area contributed by atoms with E-state index in [9.17, 15) is 9.59 Å². The van der Waals surface area contributed by atoms with Gasteiger partial charge in [-0.25, -0.2) is 0 Å². The van der Waals surface area contributed by atoms with Crippen molar-refractivity contribution in [2.24, 2.45) is 44.0 Å². The topological polar surface area (TPSA) is 156 Å². The third-order valence-corrected chi connectivity index (χ3v) is 23.8. The standard InChI is InChI=1S/C30H52Br2.C30H56N2.C30H50.C8H5NO2.CH3N.CH4.K.H2O/c2*1-26(2,3)23-18-24(29(8,9)21-27(4,5)14-12-16-31)20-25(19-23)30(10,11)22-28(6,7)15-13-17-32;1-14-16-27(6,7)21-29(10,11)24-18-23(26(3,4)5)19-25(20-24)30(12,13)22-28(8,9)17-15-2;10-7-5-3-1-2-4-6(5)8(11)9-7;1-2;;;/h18-20H,12-17,21-22H2,1-11H3;18-20H,12-17,21-22,31-32H2,1-11H3;14-15,18-20H,1-2,16-17,21-22H2,3-13H3;1-4H,(H,9,10,11);2H,1H2;1H4;;1H2/q;;;;;;+1;/p-1. The predicted molar refractivity (Wildman–Crippen MR) is 495 cm³/mol. The Hall–Kier alpha value is -2.35. The van der Waals surface area contributed by atoms with E-state index in [1.165, 1.54) is 101 Å². The molecule has 0 saturated heterocycles. The van der Waals surface area contributed by atoms with Crippen LogP contribution in [0.3, 0.4) is 0 Å². The molecule has 4 aromatic rings. The van der Waals surface area contributed by atoms with Crippen LogP contribution in [0.15, 0.2) is 104 Å². The number of nitrogens with two attached hydrogens (primary N) is 2. The molecule has 0 fully saturated rings. The third-order valence-electron chi connectivity index (χ3n) is 22.7. The number of carbonyl (C=O) groups is 2. The molecule has 0 atom stereocenters. The fraction of sp³-hybridized carbons (Fsp3) is 0.690. The average Bonchev–Trinajstić information content (AvgIpc) is 1.05. The molecule has 10 heteroatoms. The predicted octanol–water partition coefficient (Wildman–Crippen LogP) is 26.5. The SMILES string of the molecule is C.C=CCC(C)(C)CC(C)(C)c1cc(C(C)(C)C)cc(C(C)(C)CC(C)(C)CC=C)c1.C=N.CC(C)(CCCBr)CC(C)(C)c1cc(C(C)(C)C)cc(C(C)(C)CC(C)(C)CCCBr)c1.CC(C)(CCCN)CC(C)(C)c1cc(C(C)(C)C)cc(C(C)(C)CC(C)(C)CCCN)c1.O.O=C1[N-]C(=O)c2ccccc21.[K+]. The Kier molecular flexibility index (Phi) is 45.7. The number of fused-ring (bicyclic) bond motifs is 1. The van der Waals surface area contributed by atoms with Crippen LogP contribution in [0.25, 0.3) is 5.32 Å². The Bertz CT molecular complexity index is 3130. The largest absolute Gasteiger partial charge is 1.00 e. The van der Waals surface area contributed by atoms with Crippen molar-refractivity contribution in [3.63, 3.8) is 0 Å². The van der Waals surface area contributed by atoms with Gasteiger partial charge in [0.1, 0.15) is 0 Å². The molecule has 7 nitrogen and oxygen atoms in total. The van der Waals surface area contributed by atoms with Crippen LogP contribution in [0.2, 0.25) is 0 Å². The van der Waals surface area contributed by atoms with E-state index >= 15 is 0 Å². The first-order valence-electron chi connectivity index (χ1n) is 40.8. The number of carbonyl (C=O) groups excluding carboxylic acids is 2. The van der Waals surface area contributed by atoms with Crippen molar-refractivity contribution in [2.45, 2.75) is 387 Å². The van der Waals surface area contributed by atoms with Gasteiger partial charge in [-0.1, -0.05) is 359 Å². The molecular formula is C100H171Br2KN4O3. The molecule has 0 spiro atoms. The van der Waals surface area contributed by atoms with Gasteiger partial charge in [-0.05, 0) is 254 Å². The number of imide groups is 1. The maximum Gasteiger partial charge on any atom is 1.00 e. The van der Waals surface area contributed by atoms with E-state index < -0.39 is 11.8 Å². The van der Waals surface area contributed by atoms with E-state index in [0.29, 0.717) is 22.0 Å². The van der Waals surface area contributed by atoms with Gasteiger partial charge >= 0.3 is 51.4 Å². The summed E-state index contributed by atoms with van der Waals surface area (Å²) in [5, 5.41) is 11.0. The van der Waals surface area contributed by atoms with Crippen LogP contribution in [-0.2, 0) is 48.7 Å². The van der Waals surface area contributed by atoms with Crippen molar-refractivity contribution in [1.82, 2.24) is 0 Å². The molecule has 1 heterocycles. The molecule has 1 aliphatic heterocycles. The van der Waals surface area contributed by atoms with Crippen LogP contribution >= 0.6 is 31.9 Å². The van der Waals surface area contributed by atoms with E-state index in [2.05, 4.69) is 352 Å². The molecule has 0 aromatic heterocycles. The molecule has 1 aliphatic rings. The van der Waals surface area contributed by atoms with Crippen molar-refractivity contribution in [3.05, 3.63) is 171 Å². The Labute approximate surface area is 740 Å². The Balaban J connectivity index is -0.00000142. The molecule has 7 N–H and O–H groups in total. The summed E-state index contributed by atoms with van der Waals surface area (Å²) in [5.74, 6) is -0.851. The zero-order chi connectivity index (χ0) is 83.5. The summed E-state index contributed by atoms with van der Waals surface area (Å²) in [6.07, 6.45) is 22.8. The van der Waals surface area contributed by atoms with Crippen LogP contribution in [0.5, 0.6) is 0 Å². The first kappa shape index (κ1) is 112. The minimum atomic E-state index is -0.425. The van der Waals surface area contributed by atoms with Crippen LogP contribution in [0.1, 0.15) is 409 Å². The second-order valence-corrected chi connectivity index (χ2v) is 45.7. The number of nitrogens with one attached hydrogen (secondary N) is 1. The summed E-state index contributed by atoms with van der Waals surface area (Å²) in [6, 6.07) is 29.1. The number of rotatable bonds is 34. The number of benzene rings is 4. The van der Waals surface area contributed by atoms with Gasteiger partial charge in [0, 0.05) is 21.8 Å². The fourth-order valence-electron chi connectivity index (χ4n) is 17.9. The van der Waals surface area contributed by atoms with Gasteiger partial charge in [-0.2, -0.15) is 0 Å². The molecule has 0 aliphatic carbocycles. The molecular weight excluding hydrogens is 1500 g/mol. The minimum Gasteiger partial charge on any atom is -0.587 e. The number of allylic oxidation sites excluding steroid dienone is 2. The average molecular weight is 1680 g/mol. The van der Waals surface area contributed by atoms with Gasteiger partial charge in [0.05, 0.1) is 11.8 Å². The third kappa shape index (κ3) is 37.9. The number of halogens is 2. The molecule has 624 valence electrons. The summed E-state index contributed by atoms with van der Waals surface area (Å²) in [6.45, 7) is 91.2. The van der Waals surface area contributed by atoms with Gasteiger partial charge in [0.25, 0.3) is 0 Å². The van der Waals surface area contributed by atoms with Crippen molar-refractivity contribution in [2.75, 3.05) is 23.7 Å². The first-order chi connectivity index (χ1) is 48.3. The molecule has 110 heavy (non-hydrogen) atoms. The van der Waals surface area contributed by atoms with E-state index in [0.717, 1.165) is 75.1 Å². The van der Waals surface area contributed by atoms with Crippen LogP contribution in [0.4, 0.5) is 0 Å². The zero-order valence-corrected chi connectivity index (χ0v) is 83.4. The van der Waals surface area contributed by atoms with Gasteiger partial charge in [0.15, 0.2) is 0 Å². The van der Waals surface area contributed by atoms with E-state index in [1.54, 1.807) is 24.3 Å². The summed E-state index contributed by atoms with van der Waals surface area (Å²) < 4.78 is 0. The quantitative estimate of drug-likeness (QED) is 0.0140. The number of amides is 2. The Morgan fingerprint density at radius 2 is 0.527 bits per heavy atom. The minimum absolute atomic E-state index is 0. The molecule has 0 radical (unpaired) electrons. The maximum atomic E-state index is 10.9. The Morgan fingerprint density at radius 3 is 0.700 bits per heavy atom. The van der Waals surface area contributed by atoms with E-state index in [4.69, 9.17) is 16.9 Å². The van der Waals surface area contributed by atoms with Gasteiger partial charge in [-0.15, -0.1) is 13.2 Å². The van der Waals surface area contributed by atoms with Gasteiger partial charge in [-0.3, -0.25) is 0 Å². The number of hydrogen-bond acceptors (Lipinski definition) is 5. The summed E-state index contributed by atoms with van der Waals surface area (Å²) in [5.41, 5.74) is 28.6. The van der Waals surface area contributed by atoms with Crippen molar-refractivity contribution < 1.29 is 66.4 Å². The van der Waals surface area contributed by atoms with E-state index in [-0.39, 0.29) is 135 Å². The summed E-state index contributed by atoms with van der Waals surface area (Å²) in [7, 11) is 0. The monoisotopic (exact) mass is 1670 g/mol. The molecule has 0 unspecified atom stereocenters. The number of hydrogen-bond donors (Lipinski definition) is 3. The normalized spacial score (nSPS) is 13.5. The van der Waals surface area contributed by atoms with Crippen molar-refractivity contribution in [1.29, 1.82) is 5.41 Å². The van der Waals surface area contributed by atoms with Crippen LogP contribution in [-0.4, -0.2) is 47.8 Å². The second kappa shape index (κ2) is 45.0. The fourth-order valence-corrected chi connectivity index (χ4v) is 18.5. The smallest absolute Gasteiger partial charge is 0.587 e. The van der Waals surface area contributed by atoms with Crippen LogP contribution < -0.4 is 62.9 Å². The molecule has 0 saturated carbocycles.